The van der Waals surface area contributed by atoms with Gasteiger partial charge in [0, 0.05) is 5.02 Å². The monoisotopic (exact) mass is 278 g/mol. The average Bonchev–Trinajstić information content (AvgIpc) is 2.23. The molecule has 0 fully saturated rings. The number of halogens is 1. The van der Waals surface area contributed by atoms with Crippen molar-refractivity contribution in [1.82, 2.24) is 0 Å². The molecule has 0 atom stereocenters. The largest absolute Gasteiger partial charge is 0.465 e. The van der Waals surface area contributed by atoms with Crippen molar-refractivity contribution in [3.05, 3.63) is 34.3 Å². The fraction of sp³-hybridized carbons (Fsp3) is 0.300. The first-order valence-corrected chi connectivity index (χ1v) is 6.73. The van der Waals surface area contributed by atoms with Gasteiger partial charge in [0.25, 0.3) is 10.1 Å². The van der Waals surface area contributed by atoms with E-state index in [9.17, 15) is 13.2 Å². The molecule has 0 unspecified atom stereocenters. The zero-order chi connectivity index (χ0) is 13.1. The fourth-order valence-corrected chi connectivity index (χ4v) is 1.75. The molecule has 0 amide bonds. The van der Waals surface area contributed by atoms with E-state index in [2.05, 4.69) is 8.92 Å². The quantitative estimate of drug-likeness (QED) is 0.618. The van der Waals surface area contributed by atoms with Crippen molar-refractivity contribution in [2.75, 3.05) is 13.4 Å². The second kappa shape index (κ2) is 5.48. The number of hydrogen-bond donors (Lipinski definition) is 0. The number of carbonyl (C=O) groups excluding carboxylic acids is 1. The van der Waals surface area contributed by atoms with E-state index in [0.717, 1.165) is 6.26 Å². The Morgan fingerprint density at radius 1 is 1.35 bits per heavy atom. The Balaban J connectivity index is 2.94. The van der Waals surface area contributed by atoms with Gasteiger partial charge in [-0.15, -0.1) is 0 Å². The summed E-state index contributed by atoms with van der Waals surface area (Å²) in [5.74, 6) is -0.548. The third-order valence-electron chi connectivity index (χ3n) is 1.82. The maximum absolute atomic E-state index is 11.3. The normalized spacial score (nSPS) is 11.2. The molecule has 1 rings (SSSR count). The van der Waals surface area contributed by atoms with Crippen LogP contribution < -0.4 is 0 Å². The van der Waals surface area contributed by atoms with Crippen molar-refractivity contribution < 1.29 is 22.1 Å². The highest BCUT2D eigenvalue weighted by atomic mass is 35.5. The minimum atomic E-state index is -3.53. The van der Waals surface area contributed by atoms with Crippen LogP contribution in [-0.2, 0) is 25.6 Å². The number of methoxy groups -OCH3 is 1. The molecule has 0 N–H and O–H groups in total. The summed E-state index contributed by atoms with van der Waals surface area (Å²) in [5, 5.41) is 0.306. The second-order valence-corrected chi connectivity index (χ2v) is 5.39. The maximum atomic E-state index is 11.3. The Hall–Kier alpha value is -1.11. The highest BCUT2D eigenvalue weighted by Gasteiger charge is 2.10. The molecule has 0 aliphatic heterocycles. The molecule has 0 saturated heterocycles. The van der Waals surface area contributed by atoms with Crippen LogP contribution in [0.15, 0.2) is 18.2 Å². The standard InChI is InChI=1S/C10H11ClO5S/c1-15-10(12)8-3-7(4-9(11)5-8)6-16-17(2,13)14/h3-5H,6H2,1-2H3. The molecule has 0 aliphatic carbocycles. The van der Waals surface area contributed by atoms with Crippen molar-refractivity contribution in [2.45, 2.75) is 6.61 Å². The first-order valence-electron chi connectivity index (χ1n) is 4.54. The Labute approximate surface area is 104 Å². The summed E-state index contributed by atoms with van der Waals surface area (Å²) in [6.07, 6.45) is 0.943. The smallest absolute Gasteiger partial charge is 0.337 e. The van der Waals surface area contributed by atoms with Crippen LogP contribution in [0.4, 0.5) is 0 Å². The lowest BCUT2D eigenvalue weighted by Crippen LogP contribution is -2.05. The molecule has 0 bridgehead atoms. The first-order chi connectivity index (χ1) is 7.81. The molecular weight excluding hydrogens is 268 g/mol. The number of rotatable bonds is 4. The zero-order valence-corrected chi connectivity index (χ0v) is 10.8. The highest BCUT2D eigenvalue weighted by molar-refractivity contribution is 7.85. The number of hydrogen-bond acceptors (Lipinski definition) is 5. The Morgan fingerprint density at radius 2 is 2.00 bits per heavy atom. The van der Waals surface area contributed by atoms with Gasteiger partial charge in [-0.25, -0.2) is 4.79 Å². The van der Waals surface area contributed by atoms with Crippen LogP contribution in [0.5, 0.6) is 0 Å². The van der Waals surface area contributed by atoms with Gasteiger partial charge in [0.1, 0.15) is 0 Å². The summed E-state index contributed by atoms with van der Waals surface area (Å²) in [6, 6.07) is 4.40. The third-order valence-corrected chi connectivity index (χ3v) is 2.58. The molecule has 0 radical (unpaired) electrons. The second-order valence-electron chi connectivity index (χ2n) is 3.31. The zero-order valence-electron chi connectivity index (χ0n) is 9.27. The molecule has 0 spiro atoms. The Bertz CT molecular complexity index is 523. The number of esters is 1. The van der Waals surface area contributed by atoms with Crippen molar-refractivity contribution in [3.63, 3.8) is 0 Å². The fourth-order valence-electron chi connectivity index (χ4n) is 1.14. The number of carbonyl (C=O) groups is 1. The van der Waals surface area contributed by atoms with Crippen molar-refractivity contribution >= 4 is 27.7 Å². The van der Waals surface area contributed by atoms with Crippen molar-refractivity contribution in [3.8, 4) is 0 Å². The van der Waals surface area contributed by atoms with E-state index in [1.54, 1.807) is 0 Å². The molecule has 17 heavy (non-hydrogen) atoms. The Kier molecular flexibility index (Phi) is 4.50. The lowest BCUT2D eigenvalue weighted by atomic mass is 10.1. The van der Waals surface area contributed by atoms with Gasteiger partial charge >= 0.3 is 5.97 Å². The predicted molar refractivity (Wildman–Crippen MR) is 62.4 cm³/mol. The molecule has 1 aromatic carbocycles. The van der Waals surface area contributed by atoms with Crippen molar-refractivity contribution in [1.29, 1.82) is 0 Å². The molecule has 7 heteroatoms. The van der Waals surface area contributed by atoms with Gasteiger partial charge in [0.2, 0.25) is 0 Å². The lowest BCUT2D eigenvalue weighted by molar-refractivity contribution is 0.0600. The van der Waals surface area contributed by atoms with Crippen LogP contribution >= 0.6 is 11.6 Å². The number of benzene rings is 1. The Morgan fingerprint density at radius 3 is 2.53 bits per heavy atom. The van der Waals surface area contributed by atoms with Crippen LogP contribution in [0.3, 0.4) is 0 Å². The van der Waals surface area contributed by atoms with Crippen LogP contribution in [-0.4, -0.2) is 27.8 Å². The van der Waals surface area contributed by atoms with Crippen LogP contribution in [0.25, 0.3) is 0 Å². The summed E-state index contributed by atoms with van der Waals surface area (Å²) in [5.41, 5.74) is 0.718. The minimum Gasteiger partial charge on any atom is -0.465 e. The van der Waals surface area contributed by atoms with Gasteiger partial charge in [-0.2, -0.15) is 8.42 Å². The minimum absolute atomic E-state index is 0.177. The SMILES string of the molecule is COC(=O)c1cc(Cl)cc(COS(C)(=O)=O)c1. The molecule has 94 valence electrons. The topological polar surface area (TPSA) is 69.7 Å². The molecule has 1 aromatic rings. The third kappa shape index (κ3) is 4.72. The van der Waals surface area contributed by atoms with E-state index in [1.807, 2.05) is 0 Å². The molecule has 0 saturated carbocycles. The van der Waals surface area contributed by atoms with E-state index >= 15 is 0 Å². The van der Waals surface area contributed by atoms with E-state index < -0.39 is 16.1 Å². The van der Waals surface area contributed by atoms with Gasteiger partial charge in [0.05, 0.1) is 25.5 Å². The van der Waals surface area contributed by atoms with Gasteiger partial charge < -0.3 is 4.74 Å². The lowest BCUT2D eigenvalue weighted by Gasteiger charge is -2.05. The first kappa shape index (κ1) is 14.0. The van der Waals surface area contributed by atoms with E-state index in [0.29, 0.717) is 10.6 Å². The summed E-state index contributed by atoms with van der Waals surface area (Å²) >= 11 is 5.79. The average molecular weight is 279 g/mol. The molecule has 0 heterocycles. The molecule has 0 aliphatic rings. The van der Waals surface area contributed by atoms with Gasteiger partial charge in [-0.05, 0) is 23.8 Å². The summed E-state index contributed by atoms with van der Waals surface area (Å²) < 4.78 is 30.8. The van der Waals surface area contributed by atoms with E-state index in [4.69, 9.17) is 11.6 Å². The van der Waals surface area contributed by atoms with Gasteiger partial charge in [0.15, 0.2) is 0 Å². The summed E-state index contributed by atoms with van der Waals surface area (Å²) in [7, 11) is -2.29. The maximum Gasteiger partial charge on any atom is 0.337 e. The molecule has 0 aromatic heterocycles. The van der Waals surface area contributed by atoms with Crippen LogP contribution in [0, 0.1) is 0 Å². The van der Waals surface area contributed by atoms with Gasteiger partial charge in [-0.3, -0.25) is 4.18 Å². The molecule has 5 nitrogen and oxygen atoms in total. The predicted octanol–water partition coefficient (Wildman–Crippen LogP) is 1.60. The van der Waals surface area contributed by atoms with E-state index in [-0.39, 0.29) is 12.2 Å². The highest BCUT2D eigenvalue weighted by Crippen LogP contribution is 2.17. The van der Waals surface area contributed by atoms with Crippen LogP contribution in [0.1, 0.15) is 15.9 Å². The van der Waals surface area contributed by atoms with Crippen molar-refractivity contribution in [2.24, 2.45) is 0 Å². The van der Waals surface area contributed by atoms with E-state index in [1.165, 1.54) is 25.3 Å². The summed E-state index contributed by atoms with van der Waals surface area (Å²) in [4.78, 5) is 11.3. The van der Waals surface area contributed by atoms with Gasteiger partial charge in [-0.1, -0.05) is 11.6 Å². The summed E-state index contributed by atoms with van der Waals surface area (Å²) in [6.45, 7) is -0.177. The number of ether oxygens (including phenoxy) is 1. The molecular formula is C10H11ClO5S. The van der Waals surface area contributed by atoms with Crippen LogP contribution in [0.2, 0.25) is 5.02 Å².